The SMILES string of the molecule is CC1(C(=O)O)C=CC=C(C(=O)O)C1.Cc1ccc(Cn2ccc([N+](=O)[O-])c2)cc1. The van der Waals surface area contributed by atoms with Crippen LogP contribution in [0.2, 0.25) is 0 Å². The standard InChI is InChI=1S/C12H12N2O2.C9H10O4/c1-10-2-4-11(5-3-10)8-13-7-6-12(9-13)14(15)16;1-9(8(12)13)4-2-3-6(5-9)7(10)11/h2-7,9H,8H2,1H3;2-4H,5H2,1H3,(H,10,11)(H,12,13). The fourth-order valence-corrected chi connectivity index (χ4v) is 2.72. The normalized spacial score (nSPS) is 17.7. The number of aliphatic carboxylic acids is 2. The number of benzene rings is 1. The number of carboxylic acid groups (broad SMARTS) is 2. The Kier molecular flexibility index (Phi) is 6.71. The lowest BCUT2D eigenvalue weighted by molar-refractivity contribution is -0.384. The molecular formula is C21H22N2O6. The topological polar surface area (TPSA) is 123 Å². The molecule has 2 N–H and O–H groups in total. The first-order valence-corrected chi connectivity index (χ1v) is 8.81. The Balaban J connectivity index is 0.000000212. The van der Waals surface area contributed by atoms with E-state index in [4.69, 9.17) is 10.2 Å². The number of rotatable bonds is 5. The van der Waals surface area contributed by atoms with Gasteiger partial charge < -0.3 is 14.8 Å². The van der Waals surface area contributed by atoms with Crippen molar-refractivity contribution in [3.63, 3.8) is 0 Å². The van der Waals surface area contributed by atoms with E-state index in [1.54, 1.807) is 12.4 Å². The van der Waals surface area contributed by atoms with E-state index in [-0.39, 0.29) is 22.6 Å². The third-order valence-electron chi connectivity index (χ3n) is 4.51. The van der Waals surface area contributed by atoms with E-state index in [1.807, 2.05) is 35.8 Å². The maximum absolute atomic E-state index is 10.8. The fourth-order valence-electron chi connectivity index (χ4n) is 2.72. The molecule has 1 aliphatic carbocycles. The molecule has 29 heavy (non-hydrogen) atoms. The minimum Gasteiger partial charge on any atom is -0.481 e. The smallest absolute Gasteiger partial charge is 0.331 e. The van der Waals surface area contributed by atoms with Crippen molar-refractivity contribution in [2.24, 2.45) is 5.41 Å². The zero-order valence-electron chi connectivity index (χ0n) is 16.1. The average molecular weight is 398 g/mol. The summed E-state index contributed by atoms with van der Waals surface area (Å²) in [6.45, 7) is 4.19. The molecule has 0 amide bonds. The van der Waals surface area contributed by atoms with Crippen molar-refractivity contribution in [2.75, 3.05) is 0 Å². The van der Waals surface area contributed by atoms with Gasteiger partial charge in [0.1, 0.15) is 0 Å². The molecule has 0 radical (unpaired) electrons. The highest BCUT2D eigenvalue weighted by molar-refractivity contribution is 5.90. The lowest BCUT2D eigenvalue weighted by atomic mass is 9.80. The van der Waals surface area contributed by atoms with Crippen molar-refractivity contribution in [3.05, 3.63) is 87.8 Å². The Morgan fingerprint density at radius 3 is 2.38 bits per heavy atom. The molecule has 1 aromatic heterocycles. The van der Waals surface area contributed by atoms with Crippen molar-refractivity contribution in [1.29, 1.82) is 0 Å². The van der Waals surface area contributed by atoms with E-state index in [0.29, 0.717) is 6.54 Å². The van der Waals surface area contributed by atoms with Crippen LogP contribution in [0.5, 0.6) is 0 Å². The Labute approximate surface area is 167 Å². The van der Waals surface area contributed by atoms with E-state index in [9.17, 15) is 19.7 Å². The first-order valence-electron chi connectivity index (χ1n) is 8.81. The lowest BCUT2D eigenvalue weighted by Gasteiger charge is -2.23. The van der Waals surface area contributed by atoms with Gasteiger partial charge in [-0.05, 0) is 25.8 Å². The number of aromatic nitrogens is 1. The van der Waals surface area contributed by atoms with Gasteiger partial charge in [0.25, 0.3) is 5.69 Å². The van der Waals surface area contributed by atoms with Gasteiger partial charge in [-0.3, -0.25) is 14.9 Å². The van der Waals surface area contributed by atoms with Crippen LogP contribution in [0.25, 0.3) is 0 Å². The van der Waals surface area contributed by atoms with Crippen LogP contribution in [0.15, 0.2) is 66.5 Å². The number of hydrogen-bond donors (Lipinski definition) is 2. The largest absolute Gasteiger partial charge is 0.481 e. The fraction of sp³-hybridized carbons (Fsp3) is 0.238. The highest BCUT2D eigenvalue weighted by atomic mass is 16.6. The summed E-state index contributed by atoms with van der Waals surface area (Å²) in [5.74, 6) is -2.06. The molecule has 0 saturated heterocycles. The molecule has 1 aromatic carbocycles. The maximum atomic E-state index is 10.8. The van der Waals surface area contributed by atoms with Crippen LogP contribution < -0.4 is 0 Å². The van der Waals surface area contributed by atoms with Crippen molar-refractivity contribution < 1.29 is 24.7 Å². The maximum Gasteiger partial charge on any atom is 0.331 e. The summed E-state index contributed by atoms with van der Waals surface area (Å²) in [5.41, 5.74) is 1.53. The molecule has 1 heterocycles. The summed E-state index contributed by atoms with van der Waals surface area (Å²) < 4.78 is 1.81. The molecule has 1 aliphatic rings. The molecule has 0 aliphatic heterocycles. The summed E-state index contributed by atoms with van der Waals surface area (Å²) in [4.78, 5) is 31.5. The second kappa shape index (κ2) is 9.01. The van der Waals surface area contributed by atoms with E-state index >= 15 is 0 Å². The van der Waals surface area contributed by atoms with Crippen LogP contribution in [-0.2, 0) is 16.1 Å². The summed E-state index contributed by atoms with van der Waals surface area (Å²) in [6, 6.07) is 9.64. The van der Waals surface area contributed by atoms with Crippen LogP contribution in [0.1, 0.15) is 24.5 Å². The Morgan fingerprint density at radius 1 is 1.21 bits per heavy atom. The first kappa shape index (κ1) is 21.6. The number of aryl methyl sites for hydroxylation is 1. The zero-order valence-corrected chi connectivity index (χ0v) is 16.1. The molecule has 1 unspecified atom stereocenters. The number of nitrogens with zero attached hydrogens (tertiary/aromatic N) is 2. The summed E-state index contributed by atoms with van der Waals surface area (Å²) in [5, 5.41) is 28.0. The van der Waals surface area contributed by atoms with Gasteiger partial charge in [0.05, 0.1) is 16.5 Å². The van der Waals surface area contributed by atoms with Gasteiger partial charge in [-0.1, -0.05) is 48.1 Å². The molecule has 0 fully saturated rings. The van der Waals surface area contributed by atoms with Crippen LogP contribution >= 0.6 is 0 Å². The van der Waals surface area contributed by atoms with E-state index in [0.717, 1.165) is 5.56 Å². The second-order valence-electron chi connectivity index (χ2n) is 7.04. The van der Waals surface area contributed by atoms with E-state index in [1.165, 1.54) is 36.8 Å². The second-order valence-corrected chi connectivity index (χ2v) is 7.04. The summed E-state index contributed by atoms with van der Waals surface area (Å²) in [6.07, 6.45) is 7.70. The van der Waals surface area contributed by atoms with Gasteiger partial charge >= 0.3 is 11.9 Å². The van der Waals surface area contributed by atoms with Gasteiger partial charge in [0.2, 0.25) is 0 Å². The Morgan fingerprint density at radius 2 is 1.86 bits per heavy atom. The minimum atomic E-state index is -1.08. The number of carboxylic acids is 2. The minimum absolute atomic E-state index is 0.0359. The molecule has 0 spiro atoms. The number of allylic oxidation sites excluding steroid dienone is 2. The van der Waals surface area contributed by atoms with Crippen LogP contribution in [0.3, 0.4) is 0 Å². The number of hydrogen-bond acceptors (Lipinski definition) is 4. The molecule has 8 nitrogen and oxygen atoms in total. The third kappa shape index (κ3) is 5.90. The molecule has 3 rings (SSSR count). The Bertz CT molecular complexity index is 971. The highest BCUT2D eigenvalue weighted by Crippen LogP contribution is 2.31. The lowest BCUT2D eigenvalue weighted by Crippen LogP contribution is -2.28. The molecule has 0 bridgehead atoms. The molecule has 152 valence electrons. The van der Waals surface area contributed by atoms with Crippen LogP contribution in [0, 0.1) is 22.5 Å². The van der Waals surface area contributed by atoms with Crippen molar-refractivity contribution >= 4 is 17.6 Å². The van der Waals surface area contributed by atoms with Crippen LogP contribution in [0.4, 0.5) is 5.69 Å². The zero-order chi connectivity index (χ0) is 21.6. The van der Waals surface area contributed by atoms with Crippen molar-refractivity contribution in [3.8, 4) is 0 Å². The van der Waals surface area contributed by atoms with Gasteiger partial charge in [0, 0.05) is 24.4 Å². The molecular weight excluding hydrogens is 376 g/mol. The number of nitro groups is 1. The van der Waals surface area contributed by atoms with E-state index in [2.05, 4.69) is 0 Å². The average Bonchev–Trinajstić information content (AvgIpc) is 3.13. The Hall–Kier alpha value is -3.68. The predicted octanol–water partition coefficient (Wildman–Crippen LogP) is 3.80. The number of carbonyl (C=O) groups is 2. The van der Waals surface area contributed by atoms with Crippen molar-refractivity contribution in [2.45, 2.75) is 26.8 Å². The van der Waals surface area contributed by atoms with Gasteiger partial charge in [-0.2, -0.15) is 0 Å². The predicted molar refractivity (Wildman–Crippen MR) is 107 cm³/mol. The van der Waals surface area contributed by atoms with Crippen LogP contribution in [-0.4, -0.2) is 31.6 Å². The quantitative estimate of drug-likeness (QED) is 0.583. The van der Waals surface area contributed by atoms with E-state index < -0.39 is 17.4 Å². The third-order valence-corrected chi connectivity index (χ3v) is 4.51. The molecule has 1 atom stereocenters. The monoisotopic (exact) mass is 398 g/mol. The molecule has 0 saturated carbocycles. The highest BCUT2D eigenvalue weighted by Gasteiger charge is 2.34. The van der Waals surface area contributed by atoms with Gasteiger partial charge in [0.15, 0.2) is 0 Å². The van der Waals surface area contributed by atoms with Gasteiger partial charge in [-0.25, -0.2) is 4.79 Å². The molecule has 2 aromatic rings. The van der Waals surface area contributed by atoms with Gasteiger partial charge in [-0.15, -0.1) is 0 Å². The summed E-state index contributed by atoms with van der Waals surface area (Å²) in [7, 11) is 0. The summed E-state index contributed by atoms with van der Waals surface area (Å²) >= 11 is 0. The first-order chi connectivity index (χ1) is 13.6. The molecule has 8 heteroatoms. The van der Waals surface area contributed by atoms with Crippen molar-refractivity contribution in [1.82, 2.24) is 4.57 Å².